The molecule has 0 saturated carbocycles. The van der Waals surface area contributed by atoms with Crippen molar-refractivity contribution in [3.8, 4) is 5.88 Å². The minimum Gasteiger partial charge on any atom is -0.491 e. The Labute approximate surface area is 73.2 Å². The fourth-order valence-electron chi connectivity index (χ4n) is 0.781. The van der Waals surface area contributed by atoms with Gasteiger partial charge in [-0.2, -0.15) is 9.37 Å². The van der Waals surface area contributed by atoms with E-state index in [1.807, 2.05) is 0 Å². The fourth-order valence-corrected chi connectivity index (χ4v) is 2.12. The highest BCUT2D eigenvalue weighted by Gasteiger charge is 2.12. The maximum atomic E-state index is 12.5. The van der Waals surface area contributed by atoms with Crippen LogP contribution < -0.4 is 0 Å². The van der Waals surface area contributed by atoms with Crippen LogP contribution in [0.2, 0.25) is 0 Å². The largest absolute Gasteiger partial charge is 0.491 e. The minimum atomic E-state index is -0.830. The molecule has 0 unspecified atom stereocenters. The van der Waals surface area contributed by atoms with Crippen LogP contribution in [0.5, 0.6) is 5.88 Å². The normalized spacial score (nSPS) is 11.1. The predicted octanol–water partition coefficient (Wildman–Crippen LogP) is 2.00. The Morgan fingerprint density at radius 1 is 1.73 bits per heavy atom. The SMILES string of the molecule is Oc1c(F)nc2sc(Br)cn12. The molecule has 0 amide bonds. The molecule has 3 nitrogen and oxygen atoms in total. The molecule has 0 saturated heterocycles. The molecule has 0 bridgehead atoms. The fraction of sp³-hybridized carbons (Fsp3) is 0. The second-order valence-electron chi connectivity index (χ2n) is 1.91. The van der Waals surface area contributed by atoms with Gasteiger partial charge in [-0.3, -0.25) is 4.40 Å². The van der Waals surface area contributed by atoms with Crippen molar-refractivity contribution in [2.45, 2.75) is 0 Å². The molecule has 0 radical (unpaired) electrons. The maximum Gasteiger partial charge on any atom is 0.276 e. The molecule has 0 aromatic carbocycles. The lowest BCUT2D eigenvalue weighted by molar-refractivity contribution is 0.404. The summed E-state index contributed by atoms with van der Waals surface area (Å²) in [5.41, 5.74) is 0. The van der Waals surface area contributed by atoms with Crippen LogP contribution in [0.3, 0.4) is 0 Å². The molecule has 11 heavy (non-hydrogen) atoms. The summed E-state index contributed by atoms with van der Waals surface area (Å²) < 4.78 is 14.6. The number of imidazole rings is 1. The molecule has 58 valence electrons. The molecule has 2 aromatic rings. The first-order valence-electron chi connectivity index (χ1n) is 2.70. The Hall–Kier alpha value is -0.620. The summed E-state index contributed by atoms with van der Waals surface area (Å²) in [5, 5.41) is 9.02. The van der Waals surface area contributed by atoms with E-state index in [0.717, 1.165) is 3.79 Å². The molecule has 0 aliphatic carbocycles. The predicted molar refractivity (Wildman–Crippen MR) is 42.4 cm³/mol. The number of hydrogen-bond acceptors (Lipinski definition) is 3. The molecular formula is C5H2BrFN2OS. The van der Waals surface area contributed by atoms with E-state index in [9.17, 15) is 4.39 Å². The van der Waals surface area contributed by atoms with Crippen LogP contribution in [0.25, 0.3) is 4.96 Å². The van der Waals surface area contributed by atoms with Gasteiger partial charge in [0.15, 0.2) is 4.96 Å². The average molecular weight is 237 g/mol. The molecule has 0 aliphatic rings. The lowest BCUT2D eigenvalue weighted by Gasteiger charge is -1.83. The van der Waals surface area contributed by atoms with E-state index in [1.165, 1.54) is 15.7 Å². The number of fused-ring (bicyclic) bond motifs is 1. The van der Waals surface area contributed by atoms with E-state index in [2.05, 4.69) is 20.9 Å². The van der Waals surface area contributed by atoms with Crippen molar-refractivity contribution in [1.29, 1.82) is 0 Å². The van der Waals surface area contributed by atoms with Crippen molar-refractivity contribution in [1.82, 2.24) is 9.38 Å². The number of aromatic hydroxyl groups is 1. The van der Waals surface area contributed by atoms with Crippen LogP contribution in [-0.4, -0.2) is 14.5 Å². The number of rotatable bonds is 0. The third-order valence-corrected chi connectivity index (χ3v) is 2.69. The first kappa shape index (κ1) is 7.05. The third-order valence-electron chi connectivity index (χ3n) is 1.23. The Morgan fingerprint density at radius 3 is 3.09 bits per heavy atom. The quantitative estimate of drug-likeness (QED) is 0.760. The van der Waals surface area contributed by atoms with Crippen molar-refractivity contribution >= 4 is 32.2 Å². The third kappa shape index (κ3) is 0.935. The molecule has 0 atom stereocenters. The van der Waals surface area contributed by atoms with Crippen LogP contribution in [0.15, 0.2) is 9.98 Å². The van der Waals surface area contributed by atoms with Crippen LogP contribution in [0.4, 0.5) is 4.39 Å². The number of aromatic nitrogens is 2. The van der Waals surface area contributed by atoms with Gasteiger partial charge in [-0.25, -0.2) is 0 Å². The molecule has 0 spiro atoms. The molecule has 1 N–H and O–H groups in total. The summed E-state index contributed by atoms with van der Waals surface area (Å²) in [6.07, 6.45) is 1.56. The summed E-state index contributed by atoms with van der Waals surface area (Å²) in [4.78, 5) is 3.91. The van der Waals surface area contributed by atoms with E-state index in [0.29, 0.717) is 4.96 Å². The zero-order valence-electron chi connectivity index (χ0n) is 5.08. The smallest absolute Gasteiger partial charge is 0.276 e. The standard InChI is InChI=1S/C5H2BrFN2OS/c6-2-1-9-4(10)3(7)8-5(9)11-2/h1,10H. The van der Waals surface area contributed by atoms with Crippen LogP contribution in [0.1, 0.15) is 0 Å². The lowest BCUT2D eigenvalue weighted by atomic mass is 10.8. The van der Waals surface area contributed by atoms with Gasteiger partial charge in [0.2, 0.25) is 0 Å². The van der Waals surface area contributed by atoms with E-state index in [4.69, 9.17) is 5.11 Å². The van der Waals surface area contributed by atoms with Crippen molar-refractivity contribution in [2.24, 2.45) is 0 Å². The highest BCUT2D eigenvalue weighted by Crippen LogP contribution is 2.27. The van der Waals surface area contributed by atoms with Crippen LogP contribution >= 0.6 is 27.3 Å². The summed E-state index contributed by atoms with van der Waals surface area (Å²) in [7, 11) is 0. The topological polar surface area (TPSA) is 37.5 Å². The van der Waals surface area contributed by atoms with Crippen molar-refractivity contribution in [3.63, 3.8) is 0 Å². The number of nitrogens with zero attached hydrogens (tertiary/aromatic N) is 2. The van der Waals surface area contributed by atoms with Gasteiger partial charge in [0, 0.05) is 6.20 Å². The van der Waals surface area contributed by atoms with Gasteiger partial charge in [0.25, 0.3) is 11.8 Å². The summed E-state index contributed by atoms with van der Waals surface area (Å²) >= 11 is 4.44. The molecule has 2 aromatic heterocycles. The summed E-state index contributed by atoms with van der Waals surface area (Å²) in [6.45, 7) is 0. The number of hydrogen-bond donors (Lipinski definition) is 1. The molecular weight excluding hydrogens is 235 g/mol. The molecule has 0 aliphatic heterocycles. The van der Waals surface area contributed by atoms with E-state index in [1.54, 1.807) is 6.20 Å². The second-order valence-corrected chi connectivity index (χ2v) is 4.30. The minimum absolute atomic E-state index is 0.437. The molecule has 6 heteroatoms. The number of thiazole rings is 1. The summed E-state index contributed by atoms with van der Waals surface area (Å²) in [6, 6.07) is 0. The van der Waals surface area contributed by atoms with Gasteiger partial charge >= 0.3 is 0 Å². The van der Waals surface area contributed by atoms with Gasteiger partial charge < -0.3 is 5.11 Å². The number of halogens is 2. The van der Waals surface area contributed by atoms with Gasteiger partial charge in [-0.15, -0.1) is 0 Å². The van der Waals surface area contributed by atoms with Gasteiger partial charge in [-0.1, -0.05) is 11.3 Å². The van der Waals surface area contributed by atoms with Gasteiger partial charge in [0.1, 0.15) is 0 Å². The van der Waals surface area contributed by atoms with E-state index in [-0.39, 0.29) is 0 Å². The molecule has 2 rings (SSSR count). The zero-order valence-corrected chi connectivity index (χ0v) is 7.49. The Balaban J connectivity index is 2.88. The monoisotopic (exact) mass is 236 g/mol. The van der Waals surface area contributed by atoms with Crippen molar-refractivity contribution in [2.75, 3.05) is 0 Å². The lowest BCUT2D eigenvalue weighted by Crippen LogP contribution is -1.74. The Kier molecular flexibility index (Phi) is 1.40. The van der Waals surface area contributed by atoms with Crippen LogP contribution in [-0.2, 0) is 0 Å². The first-order valence-corrected chi connectivity index (χ1v) is 4.31. The molecule has 0 fully saturated rings. The Morgan fingerprint density at radius 2 is 2.45 bits per heavy atom. The van der Waals surface area contributed by atoms with Gasteiger partial charge in [-0.05, 0) is 15.9 Å². The molecule has 2 heterocycles. The van der Waals surface area contributed by atoms with Crippen LogP contribution in [0, 0.1) is 5.95 Å². The van der Waals surface area contributed by atoms with Crippen molar-refractivity contribution in [3.05, 3.63) is 15.9 Å². The Bertz CT molecular complexity index is 410. The van der Waals surface area contributed by atoms with E-state index < -0.39 is 11.8 Å². The second kappa shape index (κ2) is 2.18. The zero-order chi connectivity index (χ0) is 8.01. The first-order chi connectivity index (χ1) is 5.18. The average Bonchev–Trinajstić information content (AvgIpc) is 2.37. The van der Waals surface area contributed by atoms with E-state index >= 15 is 0 Å². The highest BCUT2D eigenvalue weighted by atomic mass is 79.9. The van der Waals surface area contributed by atoms with Crippen molar-refractivity contribution < 1.29 is 9.50 Å². The maximum absolute atomic E-state index is 12.5. The highest BCUT2D eigenvalue weighted by molar-refractivity contribution is 9.11. The van der Waals surface area contributed by atoms with Gasteiger partial charge in [0.05, 0.1) is 3.79 Å². The summed E-state index contributed by atoms with van der Waals surface area (Å²) in [5.74, 6) is -1.27.